The fourth-order valence-electron chi connectivity index (χ4n) is 3.07. The van der Waals surface area contributed by atoms with Gasteiger partial charge in [-0.3, -0.25) is 4.79 Å². The van der Waals surface area contributed by atoms with Gasteiger partial charge in [-0.25, -0.2) is 9.18 Å². The van der Waals surface area contributed by atoms with Crippen LogP contribution in [0.3, 0.4) is 0 Å². The molecule has 6 heteroatoms. The molecule has 3 rings (SSSR count). The Labute approximate surface area is 125 Å². The Balaban J connectivity index is 2.46. The SMILES string of the molecule is CCOC(=O)c1c(O)c2cc(F)cc3c2n(c1=O)C(C)CC3. The first-order valence-electron chi connectivity index (χ1n) is 7.22. The Morgan fingerprint density at radius 2 is 2.23 bits per heavy atom. The normalized spacial score (nSPS) is 16.8. The van der Waals surface area contributed by atoms with E-state index in [0.29, 0.717) is 23.9 Å². The van der Waals surface area contributed by atoms with Crippen molar-refractivity contribution in [3.05, 3.63) is 39.4 Å². The summed E-state index contributed by atoms with van der Waals surface area (Å²) in [4.78, 5) is 24.6. The molecular formula is C16H16FNO4. The predicted molar refractivity (Wildman–Crippen MR) is 78.8 cm³/mol. The number of nitrogens with zero attached hydrogens (tertiary/aromatic N) is 1. The van der Waals surface area contributed by atoms with Gasteiger partial charge in [0.05, 0.1) is 12.1 Å². The van der Waals surface area contributed by atoms with Crippen molar-refractivity contribution in [2.45, 2.75) is 32.7 Å². The van der Waals surface area contributed by atoms with E-state index in [-0.39, 0.29) is 18.0 Å². The molecule has 1 aromatic carbocycles. The number of esters is 1. The molecule has 0 spiro atoms. The highest BCUT2D eigenvalue weighted by Gasteiger charge is 2.29. The first-order chi connectivity index (χ1) is 10.5. The lowest BCUT2D eigenvalue weighted by atomic mass is 9.95. The molecule has 0 saturated carbocycles. The molecule has 0 saturated heterocycles. The topological polar surface area (TPSA) is 68.5 Å². The monoisotopic (exact) mass is 305 g/mol. The number of aryl methyl sites for hydroxylation is 1. The maximum Gasteiger partial charge on any atom is 0.347 e. The standard InChI is InChI=1S/C16H16FNO4/c1-3-22-16(21)12-14(19)11-7-10(17)6-9-5-4-8(2)18(13(9)11)15(12)20/h6-8,19H,3-5H2,1-2H3. The summed E-state index contributed by atoms with van der Waals surface area (Å²) in [7, 11) is 0. The summed E-state index contributed by atoms with van der Waals surface area (Å²) in [6.07, 6.45) is 1.28. The van der Waals surface area contributed by atoms with Crippen molar-refractivity contribution in [1.29, 1.82) is 0 Å². The summed E-state index contributed by atoms with van der Waals surface area (Å²) in [5.41, 5.74) is 0.134. The Bertz CT molecular complexity index is 840. The molecule has 5 nitrogen and oxygen atoms in total. The second-order valence-corrected chi connectivity index (χ2v) is 5.47. The molecule has 116 valence electrons. The number of rotatable bonds is 2. The van der Waals surface area contributed by atoms with Gasteiger partial charge < -0.3 is 14.4 Å². The van der Waals surface area contributed by atoms with Gasteiger partial charge in [0.1, 0.15) is 11.6 Å². The Morgan fingerprint density at radius 3 is 2.91 bits per heavy atom. The van der Waals surface area contributed by atoms with E-state index in [4.69, 9.17) is 4.74 Å². The van der Waals surface area contributed by atoms with E-state index in [1.165, 1.54) is 10.6 Å². The predicted octanol–water partition coefficient (Wildman–Crippen LogP) is 2.53. The maximum atomic E-state index is 13.8. The van der Waals surface area contributed by atoms with Gasteiger partial charge >= 0.3 is 5.97 Å². The van der Waals surface area contributed by atoms with Gasteiger partial charge in [-0.05, 0) is 44.4 Å². The number of aromatic nitrogens is 1. The lowest BCUT2D eigenvalue weighted by Gasteiger charge is -2.26. The van der Waals surface area contributed by atoms with Crippen LogP contribution in [0.15, 0.2) is 16.9 Å². The van der Waals surface area contributed by atoms with Crippen LogP contribution >= 0.6 is 0 Å². The van der Waals surface area contributed by atoms with Gasteiger partial charge in [-0.1, -0.05) is 0 Å². The minimum atomic E-state index is -0.890. The van der Waals surface area contributed by atoms with E-state index < -0.39 is 28.7 Å². The van der Waals surface area contributed by atoms with E-state index >= 15 is 0 Å². The summed E-state index contributed by atoms with van der Waals surface area (Å²) in [6.45, 7) is 3.55. The van der Waals surface area contributed by atoms with Crippen LogP contribution in [0, 0.1) is 5.82 Å². The fraction of sp³-hybridized carbons (Fsp3) is 0.375. The van der Waals surface area contributed by atoms with E-state index in [1.807, 2.05) is 6.92 Å². The molecule has 22 heavy (non-hydrogen) atoms. The molecule has 1 aromatic heterocycles. The number of ether oxygens (including phenoxy) is 1. The Kier molecular flexibility index (Phi) is 3.39. The quantitative estimate of drug-likeness (QED) is 0.866. The molecule has 1 aliphatic rings. The molecule has 2 aromatic rings. The van der Waals surface area contributed by atoms with Crippen LogP contribution in [-0.4, -0.2) is 22.2 Å². The number of hydrogen-bond donors (Lipinski definition) is 1. The zero-order valence-electron chi connectivity index (χ0n) is 12.4. The minimum absolute atomic E-state index is 0.0830. The largest absolute Gasteiger partial charge is 0.506 e. The second-order valence-electron chi connectivity index (χ2n) is 5.47. The Hall–Kier alpha value is -2.37. The third-order valence-corrected chi connectivity index (χ3v) is 4.07. The highest BCUT2D eigenvalue weighted by Crippen LogP contribution is 2.35. The van der Waals surface area contributed by atoms with Gasteiger partial charge in [0.15, 0.2) is 5.56 Å². The number of pyridine rings is 1. The Morgan fingerprint density at radius 1 is 1.50 bits per heavy atom. The molecule has 0 fully saturated rings. The van der Waals surface area contributed by atoms with Gasteiger partial charge in [0.2, 0.25) is 0 Å². The van der Waals surface area contributed by atoms with Crippen LogP contribution in [0.5, 0.6) is 5.75 Å². The first kappa shape index (κ1) is 14.6. The van der Waals surface area contributed by atoms with Crippen molar-refractivity contribution >= 4 is 16.9 Å². The summed E-state index contributed by atoms with van der Waals surface area (Å²) < 4.78 is 20.1. The van der Waals surface area contributed by atoms with E-state index in [9.17, 15) is 19.1 Å². The minimum Gasteiger partial charge on any atom is -0.506 e. The first-order valence-corrected chi connectivity index (χ1v) is 7.22. The van der Waals surface area contributed by atoms with Crippen LogP contribution < -0.4 is 5.56 Å². The van der Waals surface area contributed by atoms with Gasteiger partial charge in [0.25, 0.3) is 5.56 Å². The van der Waals surface area contributed by atoms with Crippen molar-refractivity contribution < 1.29 is 19.0 Å². The number of carbonyl (C=O) groups is 1. The number of aromatic hydroxyl groups is 1. The van der Waals surface area contributed by atoms with Gasteiger partial charge in [-0.2, -0.15) is 0 Å². The van der Waals surface area contributed by atoms with Crippen LogP contribution in [0.1, 0.15) is 42.2 Å². The number of benzene rings is 1. The summed E-state index contributed by atoms with van der Waals surface area (Å²) >= 11 is 0. The number of carbonyl (C=O) groups excluding carboxylic acids is 1. The molecule has 2 heterocycles. The van der Waals surface area contributed by atoms with Crippen LogP contribution in [0.2, 0.25) is 0 Å². The highest BCUT2D eigenvalue weighted by molar-refractivity contribution is 6.00. The zero-order valence-corrected chi connectivity index (χ0v) is 12.4. The van der Waals surface area contributed by atoms with Crippen molar-refractivity contribution in [3.8, 4) is 5.75 Å². The lowest BCUT2D eigenvalue weighted by Crippen LogP contribution is -2.32. The summed E-state index contributed by atoms with van der Waals surface area (Å²) in [5, 5.41) is 10.5. The molecule has 1 atom stereocenters. The van der Waals surface area contributed by atoms with Crippen LogP contribution in [0.25, 0.3) is 10.9 Å². The highest BCUT2D eigenvalue weighted by atomic mass is 19.1. The molecule has 0 aliphatic carbocycles. The van der Waals surface area contributed by atoms with E-state index in [2.05, 4.69) is 0 Å². The van der Waals surface area contributed by atoms with E-state index in [1.54, 1.807) is 6.92 Å². The van der Waals surface area contributed by atoms with Crippen molar-refractivity contribution in [2.75, 3.05) is 6.61 Å². The second kappa shape index (κ2) is 5.12. The number of halogens is 1. The average Bonchev–Trinajstić information content (AvgIpc) is 2.46. The van der Waals surface area contributed by atoms with Crippen molar-refractivity contribution in [2.24, 2.45) is 0 Å². The smallest absolute Gasteiger partial charge is 0.347 e. The van der Waals surface area contributed by atoms with E-state index in [0.717, 1.165) is 6.07 Å². The fourth-order valence-corrected chi connectivity index (χ4v) is 3.07. The van der Waals surface area contributed by atoms with Gasteiger partial charge in [0, 0.05) is 11.4 Å². The van der Waals surface area contributed by atoms with Crippen LogP contribution in [0.4, 0.5) is 4.39 Å². The molecule has 0 radical (unpaired) electrons. The third kappa shape index (κ3) is 1.98. The zero-order chi connectivity index (χ0) is 16.0. The summed E-state index contributed by atoms with van der Waals surface area (Å²) in [6, 6.07) is 2.38. The van der Waals surface area contributed by atoms with Gasteiger partial charge in [-0.15, -0.1) is 0 Å². The van der Waals surface area contributed by atoms with Crippen molar-refractivity contribution in [3.63, 3.8) is 0 Å². The molecule has 1 unspecified atom stereocenters. The number of hydrogen-bond acceptors (Lipinski definition) is 4. The molecule has 0 bridgehead atoms. The third-order valence-electron chi connectivity index (χ3n) is 4.07. The molecule has 1 N–H and O–H groups in total. The van der Waals surface area contributed by atoms with Crippen molar-refractivity contribution in [1.82, 2.24) is 4.57 Å². The lowest BCUT2D eigenvalue weighted by molar-refractivity contribution is 0.0520. The summed E-state index contributed by atoms with van der Waals surface area (Å²) in [5.74, 6) is -1.91. The van der Waals surface area contributed by atoms with Crippen LogP contribution in [-0.2, 0) is 11.2 Å². The maximum absolute atomic E-state index is 13.8. The molecule has 0 amide bonds. The molecular weight excluding hydrogens is 289 g/mol. The molecule has 1 aliphatic heterocycles. The average molecular weight is 305 g/mol.